The van der Waals surface area contributed by atoms with E-state index in [1.54, 1.807) is 0 Å². The first-order valence-corrected chi connectivity index (χ1v) is 8.74. The number of hydrogen-bond donors (Lipinski definition) is 1. The van der Waals surface area contributed by atoms with Crippen molar-refractivity contribution >= 4 is 11.6 Å². The first kappa shape index (κ1) is 14.0. The second-order valence-electron chi connectivity index (χ2n) is 6.99. The fourth-order valence-electron chi connectivity index (χ4n) is 4.43. The van der Waals surface area contributed by atoms with Gasteiger partial charge in [0, 0.05) is 11.8 Å². The maximum atomic E-state index is 12.4. The number of aromatic hydroxyl groups is 1. The zero-order valence-corrected chi connectivity index (χ0v) is 12.9. The van der Waals surface area contributed by atoms with Gasteiger partial charge in [-0.3, -0.25) is 4.79 Å². The van der Waals surface area contributed by atoms with Gasteiger partial charge in [-0.2, -0.15) is 0 Å². The van der Waals surface area contributed by atoms with E-state index >= 15 is 0 Å². The molecule has 2 heterocycles. The fourth-order valence-corrected chi connectivity index (χ4v) is 4.43. The van der Waals surface area contributed by atoms with Crippen LogP contribution >= 0.6 is 0 Å². The molecule has 1 aromatic rings. The van der Waals surface area contributed by atoms with Crippen LogP contribution in [0.25, 0.3) is 0 Å². The highest BCUT2D eigenvalue weighted by molar-refractivity contribution is 6.23. The Morgan fingerprint density at radius 1 is 0.864 bits per heavy atom. The smallest absolute Gasteiger partial charge is 0.292 e. The molecule has 1 amide bonds. The molecule has 0 unspecified atom stereocenters. The molecule has 4 rings (SSSR count). The van der Waals surface area contributed by atoms with Gasteiger partial charge in [0.05, 0.1) is 16.8 Å². The number of hydrogen-bond acceptors (Lipinski definition) is 3. The Labute approximate surface area is 130 Å². The summed E-state index contributed by atoms with van der Waals surface area (Å²) in [6.45, 7) is 0. The van der Waals surface area contributed by atoms with Gasteiger partial charge in [0.25, 0.3) is 11.9 Å². The van der Waals surface area contributed by atoms with Crippen molar-refractivity contribution in [3.8, 4) is 5.95 Å². The maximum absolute atomic E-state index is 12.4. The van der Waals surface area contributed by atoms with Crippen LogP contribution in [0.2, 0.25) is 0 Å². The molecule has 4 heteroatoms. The first-order valence-electron chi connectivity index (χ1n) is 8.74. The minimum absolute atomic E-state index is 0.0780. The van der Waals surface area contributed by atoms with Gasteiger partial charge in [-0.25, -0.2) is 4.99 Å². The lowest BCUT2D eigenvalue weighted by atomic mass is 9.82. The van der Waals surface area contributed by atoms with E-state index < -0.39 is 0 Å². The van der Waals surface area contributed by atoms with Crippen LogP contribution in [-0.2, 0) is 0 Å². The molecule has 0 radical (unpaired) electrons. The molecule has 0 aromatic carbocycles. The number of fused-ring (bicyclic) bond motifs is 1. The number of aliphatic imine (C=N–C) groups is 1. The van der Waals surface area contributed by atoms with Crippen LogP contribution in [0.5, 0.6) is 5.95 Å². The standard InChI is InChI=1S/C18H23NO3/c20-17-14-13(15(19-17)11-7-3-1-4-8-11)18(21)22-16(14)12-9-5-2-6-10-12/h11-12,21H,1-10H2. The average Bonchev–Trinajstić information content (AvgIpc) is 3.09. The van der Waals surface area contributed by atoms with Gasteiger partial charge in [-0.1, -0.05) is 38.5 Å². The van der Waals surface area contributed by atoms with Crippen molar-refractivity contribution in [3.05, 3.63) is 16.9 Å². The average molecular weight is 301 g/mol. The Morgan fingerprint density at radius 2 is 1.45 bits per heavy atom. The molecule has 2 aliphatic carbocycles. The van der Waals surface area contributed by atoms with Gasteiger partial charge in [0.1, 0.15) is 5.76 Å². The van der Waals surface area contributed by atoms with Crippen molar-refractivity contribution in [1.82, 2.24) is 0 Å². The summed E-state index contributed by atoms with van der Waals surface area (Å²) in [6, 6.07) is 0. The summed E-state index contributed by atoms with van der Waals surface area (Å²) in [7, 11) is 0. The van der Waals surface area contributed by atoms with Crippen LogP contribution in [0.1, 0.15) is 91.8 Å². The third-order valence-electron chi connectivity index (χ3n) is 5.58. The molecule has 1 N–H and O–H groups in total. The molecular formula is C18H23NO3. The highest BCUT2D eigenvalue weighted by atomic mass is 16.5. The van der Waals surface area contributed by atoms with E-state index in [4.69, 9.17) is 4.42 Å². The van der Waals surface area contributed by atoms with E-state index in [1.807, 2.05) is 0 Å². The van der Waals surface area contributed by atoms with E-state index in [9.17, 15) is 9.90 Å². The van der Waals surface area contributed by atoms with Gasteiger partial charge in [-0.05, 0) is 25.7 Å². The van der Waals surface area contributed by atoms with Crippen molar-refractivity contribution in [2.75, 3.05) is 0 Å². The molecule has 1 aliphatic heterocycles. The zero-order valence-electron chi connectivity index (χ0n) is 12.9. The number of nitrogens with zero attached hydrogens (tertiary/aromatic N) is 1. The monoisotopic (exact) mass is 301 g/mol. The summed E-state index contributed by atoms with van der Waals surface area (Å²) in [5, 5.41) is 10.3. The summed E-state index contributed by atoms with van der Waals surface area (Å²) >= 11 is 0. The van der Waals surface area contributed by atoms with Gasteiger partial charge >= 0.3 is 0 Å². The minimum atomic E-state index is -0.194. The van der Waals surface area contributed by atoms with Crippen LogP contribution in [-0.4, -0.2) is 16.7 Å². The lowest BCUT2D eigenvalue weighted by molar-refractivity contribution is 0.100. The molecule has 0 atom stereocenters. The van der Waals surface area contributed by atoms with Gasteiger partial charge < -0.3 is 9.52 Å². The van der Waals surface area contributed by atoms with Crippen LogP contribution in [0.3, 0.4) is 0 Å². The van der Waals surface area contributed by atoms with Crippen molar-refractivity contribution in [2.45, 2.75) is 70.1 Å². The normalized spacial score (nSPS) is 23.6. The fraction of sp³-hybridized carbons (Fsp3) is 0.667. The largest absolute Gasteiger partial charge is 0.480 e. The van der Waals surface area contributed by atoms with Gasteiger partial charge in [0.15, 0.2) is 0 Å². The third kappa shape index (κ3) is 2.20. The van der Waals surface area contributed by atoms with Crippen molar-refractivity contribution in [2.24, 2.45) is 10.9 Å². The topological polar surface area (TPSA) is 62.8 Å². The summed E-state index contributed by atoms with van der Waals surface area (Å²) in [5.41, 5.74) is 1.99. The van der Waals surface area contributed by atoms with E-state index in [0.29, 0.717) is 22.8 Å². The second-order valence-corrected chi connectivity index (χ2v) is 6.99. The lowest BCUT2D eigenvalue weighted by Gasteiger charge is -2.21. The number of amides is 1. The molecule has 0 spiro atoms. The Kier molecular flexibility index (Phi) is 3.55. The Bertz CT molecular complexity index is 617. The van der Waals surface area contributed by atoms with E-state index in [0.717, 1.165) is 31.4 Å². The summed E-state index contributed by atoms with van der Waals surface area (Å²) in [4.78, 5) is 16.8. The Hall–Kier alpha value is -1.58. The summed E-state index contributed by atoms with van der Waals surface area (Å²) < 4.78 is 5.67. The summed E-state index contributed by atoms with van der Waals surface area (Å²) in [6.07, 6.45) is 11.4. The lowest BCUT2D eigenvalue weighted by Crippen LogP contribution is -2.17. The van der Waals surface area contributed by atoms with Crippen molar-refractivity contribution in [3.63, 3.8) is 0 Å². The van der Waals surface area contributed by atoms with Gasteiger partial charge in [0.2, 0.25) is 0 Å². The molecule has 2 fully saturated rings. The molecule has 4 nitrogen and oxygen atoms in total. The first-order chi connectivity index (χ1) is 10.8. The molecule has 0 saturated heterocycles. The number of carbonyl (C=O) groups excluding carboxylic acids is 1. The Balaban J connectivity index is 1.70. The van der Waals surface area contributed by atoms with Crippen molar-refractivity contribution in [1.29, 1.82) is 0 Å². The molecule has 2 saturated carbocycles. The van der Waals surface area contributed by atoms with Crippen LogP contribution in [0.15, 0.2) is 9.41 Å². The number of rotatable bonds is 2. The summed E-state index contributed by atoms with van der Waals surface area (Å²) in [5.74, 6) is 1.01. The van der Waals surface area contributed by atoms with Crippen molar-refractivity contribution < 1.29 is 14.3 Å². The number of carbonyl (C=O) groups is 1. The predicted molar refractivity (Wildman–Crippen MR) is 83.6 cm³/mol. The molecule has 0 bridgehead atoms. The highest BCUT2D eigenvalue weighted by Crippen LogP contribution is 2.44. The predicted octanol–water partition coefficient (Wildman–Crippen LogP) is 4.56. The Morgan fingerprint density at radius 3 is 2.09 bits per heavy atom. The SMILES string of the molecule is O=C1N=C(C2CCCCC2)c2c(O)oc(C3CCCCC3)c21. The molecular weight excluding hydrogens is 278 g/mol. The minimum Gasteiger partial charge on any atom is -0.480 e. The van der Waals surface area contributed by atoms with Crippen LogP contribution in [0, 0.1) is 5.92 Å². The molecule has 1 aromatic heterocycles. The quantitative estimate of drug-likeness (QED) is 0.871. The third-order valence-corrected chi connectivity index (χ3v) is 5.58. The molecule has 118 valence electrons. The molecule has 3 aliphatic rings. The van der Waals surface area contributed by atoms with Gasteiger partial charge in [-0.15, -0.1) is 0 Å². The zero-order chi connectivity index (χ0) is 15.1. The second kappa shape index (κ2) is 5.56. The van der Waals surface area contributed by atoms with E-state index in [1.165, 1.54) is 38.5 Å². The number of furan rings is 1. The van der Waals surface area contributed by atoms with E-state index in [-0.39, 0.29) is 17.8 Å². The highest BCUT2D eigenvalue weighted by Gasteiger charge is 2.39. The maximum Gasteiger partial charge on any atom is 0.292 e. The van der Waals surface area contributed by atoms with Crippen LogP contribution < -0.4 is 0 Å². The molecule has 22 heavy (non-hydrogen) atoms. The van der Waals surface area contributed by atoms with E-state index in [2.05, 4.69) is 4.99 Å². The van der Waals surface area contributed by atoms with Crippen LogP contribution in [0.4, 0.5) is 0 Å².